The third-order valence-corrected chi connectivity index (χ3v) is 5.07. The molecule has 0 aliphatic heterocycles. The molecule has 0 unspecified atom stereocenters. The summed E-state index contributed by atoms with van der Waals surface area (Å²) in [5.41, 5.74) is 2.53. The Morgan fingerprint density at radius 2 is 1.81 bits per heavy atom. The van der Waals surface area contributed by atoms with Crippen LogP contribution < -0.4 is 0 Å². The van der Waals surface area contributed by atoms with Crippen LogP contribution in [-0.4, -0.2) is 23.4 Å². The summed E-state index contributed by atoms with van der Waals surface area (Å²) in [5.74, 6) is 0. The first-order valence-corrected chi connectivity index (χ1v) is 10.9. The zero-order chi connectivity index (χ0) is 19.0. The third kappa shape index (κ3) is 7.18. The Bertz CT molecular complexity index is 793. The van der Waals surface area contributed by atoms with Gasteiger partial charge in [-0.3, -0.25) is 0 Å². The molecular formula is C22H28BrNOS. The number of hydrogen-bond donors (Lipinski definition) is 1. The summed E-state index contributed by atoms with van der Waals surface area (Å²) >= 11 is 5.29. The van der Waals surface area contributed by atoms with E-state index in [0.717, 1.165) is 23.9 Å². The van der Waals surface area contributed by atoms with E-state index in [2.05, 4.69) is 84.5 Å². The van der Waals surface area contributed by atoms with Crippen LogP contribution in [0.1, 0.15) is 32.8 Å². The van der Waals surface area contributed by atoms with Gasteiger partial charge in [-0.15, -0.1) is 11.8 Å². The van der Waals surface area contributed by atoms with Crippen molar-refractivity contribution in [1.82, 2.24) is 4.98 Å². The van der Waals surface area contributed by atoms with Gasteiger partial charge < -0.3 is 9.72 Å². The Balaban J connectivity index is 0.000000254. The highest BCUT2D eigenvalue weighted by molar-refractivity contribution is 9.10. The van der Waals surface area contributed by atoms with E-state index in [1.54, 1.807) is 11.8 Å². The van der Waals surface area contributed by atoms with Gasteiger partial charge in [0.2, 0.25) is 0 Å². The minimum Gasteiger partial charge on any atom is -0.376 e. The normalized spacial score (nSPS) is 11.3. The lowest BCUT2D eigenvalue weighted by Gasteiger charge is -2.19. The van der Waals surface area contributed by atoms with Gasteiger partial charge in [0, 0.05) is 33.1 Å². The van der Waals surface area contributed by atoms with Gasteiger partial charge in [-0.05, 0) is 75.8 Å². The van der Waals surface area contributed by atoms with Crippen LogP contribution in [0.15, 0.2) is 64.1 Å². The highest BCUT2D eigenvalue weighted by atomic mass is 79.9. The van der Waals surface area contributed by atoms with Gasteiger partial charge in [0.15, 0.2) is 0 Å². The Morgan fingerprint density at radius 1 is 1.08 bits per heavy atom. The molecule has 140 valence electrons. The molecule has 4 heteroatoms. The molecule has 0 radical (unpaired) electrons. The summed E-state index contributed by atoms with van der Waals surface area (Å²) in [5, 5.41) is 1.31. The Labute approximate surface area is 169 Å². The van der Waals surface area contributed by atoms with Crippen LogP contribution in [0.5, 0.6) is 0 Å². The maximum atomic E-state index is 5.74. The lowest BCUT2D eigenvalue weighted by atomic mass is 10.1. The van der Waals surface area contributed by atoms with Crippen LogP contribution in [0, 0.1) is 0 Å². The van der Waals surface area contributed by atoms with Crippen LogP contribution in [0.2, 0.25) is 0 Å². The standard InChI is InChI=1S/C15H20BrNO.C7H8S/c1-15(2,3)18-8-4-5-11-10-17-14-7-6-12(16)9-13(11)14;1-8-7-5-3-2-4-6-7/h6-7,9-10,17H,4-5,8H2,1-3H3;2-6H,1H3. The quantitative estimate of drug-likeness (QED) is 0.343. The smallest absolute Gasteiger partial charge is 0.0598 e. The summed E-state index contributed by atoms with van der Waals surface area (Å²) in [4.78, 5) is 4.64. The Hall–Kier alpha value is -1.23. The van der Waals surface area contributed by atoms with E-state index in [1.165, 1.54) is 21.4 Å². The van der Waals surface area contributed by atoms with Crippen molar-refractivity contribution in [3.63, 3.8) is 0 Å². The Morgan fingerprint density at radius 3 is 2.42 bits per heavy atom. The second-order valence-electron chi connectivity index (χ2n) is 7.09. The van der Waals surface area contributed by atoms with E-state index in [9.17, 15) is 0 Å². The average Bonchev–Trinajstić information content (AvgIpc) is 3.01. The van der Waals surface area contributed by atoms with Crippen molar-refractivity contribution in [1.29, 1.82) is 0 Å². The zero-order valence-corrected chi connectivity index (χ0v) is 18.4. The number of aryl methyl sites for hydroxylation is 1. The maximum Gasteiger partial charge on any atom is 0.0598 e. The first-order chi connectivity index (χ1) is 12.4. The second-order valence-corrected chi connectivity index (χ2v) is 8.88. The van der Waals surface area contributed by atoms with Gasteiger partial charge in [-0.2, -0.15) is 0 Å². The highest BCUT2D eigenvalue weighted by Crippen LogP contribution is 2.23. The highest BCUT2D eigenvalue weighted by Gasteiger charge is 2.10. The molecule has 2 aromatic carbocycles. The first-order valence-electron chi connectivity index (χ1n) is 8.87. The van der Waals surface area contributed by atoms with Crippen LogP contribution in [-0.2, 0) is 11.2 Å². The molecule has 26 heavy (non-hydrogen) atoms. The van der Waals surface area contributed by atoms with Gasteiger partial charge in [-0.25, -0.2) is 0 Å². The van der Waals surface area contributed by atoms with Crippen molar-refractivity contribution in [2.45, 2.75) is 44.1 Å². The van der Waals surface area contributed by atoms with Crippen LogP contribution in [0.4, 0.5) is 0 Å². The molecular weight excluding hydrogens is 406 g/mol. The molecule has 1 heterocycles. The second kappa shape index (κ2) is 10.2. The number of aromatic nitrogens is 1. The van der Waals surface area contributed by atoms with Crippen LogP contribution in [0.25, 0.3) is 10.9 Å². The molecule has 0 aliphatic rings. The van der Waals surface area contributed by atoms with E-state index < -0.39 is 0 Å². The monoisotopic (exact) mass is 433 g/mol. The number of halogens is 1. The van der Waals surface area contributed by atoms with Crippen molar-refractivity contribution in [2.24, 2.45) is 0 Å². The number of rotatable bonds is 5. The largest absolute Gasteiger partial charge is 0.376 e. The number of benzene rings is 2. The van der Waals surface area contributed by atoms with Crippen molar-refractivity contribution in [2.75, 3.05) is 12.9 Å². The van der Waals surface area contributed by atoms with Crippen molar-refractivity contribution < 1.29 is 4.74 Å². The lowest BCUT2D eigenvalue weighted by molar-refractivity contribution is -0.00381. The molecule has 0 atom stereocenters. The van der Waals surface area contributed by atoms with E-state index in [-0.39, 0.29) is 5.60 Å². The van der Waals surface area contributed by atoms with Crippen molar-refractivity contribution in [3.8, 4) is 0 Å². The number of aromatic amines is 1. The number of H-pyrrole nitrogens is 1. The maximum absolute atomic E-state index is 5.74. The molecule has 0 saturated carbocycles. The van der Waals surface area contributed by atoms with Gasteiger partial charge in [0.25, 0.3) is 0 Å². The summed E-state index contributed by atoms with van der Waals surface area (Å²) in [6.07, 6.45) is 6.28. The first kappa shape index (κ1) is 21.1. The zero-order valence-electron chi connectivity index (χ0n) is 16.0. The molecule has 1 N–H and O–H groups in total. The minimum atomic E-state index is -0.0385. The van der Waals surface area contributed by atoms with E-state index in [0.29, 0.717) is 0 Å². The fraction of sp³-hybridized carbons (Fsp3) is 0.364. The molecule has 2 nitrogen and oxygen atoms in total. The lowest BCUT2D eigenvalue weighted by Crippen LogP contribution is -2.19. The number of fused-ring (bicyclic) bond motifs is 1. The topological polar surface area (TPSA) is 25.0 Å². The summed E-state index contributed by atoms with van der Waals surface area (Å²) in [7, 11) is 0. The summed E-state index contributed by atoms with van der Waals surface area (Å²) in [6, 6.07) is 16.7. The van der Waals surface area contributed by atoms with Crippen LogP contribution >= 0.6 is 27.7 Å². The predicted molar refractivity (Wildman–Crippen MR) is 118 cm³/mol. The van der Waals surface area contributed by atoms with Crippen LogP contribution in [0.3, 0.4) is 0 Å². The fourth-order valence-electron chi connectivity index (χ4n) is 2.56. The van der Waals surface area contributed by atoms with E-state index in [1.807, 2.05) is 18.2 Å². The molecule has 0 spiro atoms. The van der Waals surface area contributed by atoms with Gasteiger partial charge in [-0.1, -0.05) is 34.1 Å². The van der Waals surface area contributed by atoms with E-state index in [4.69, 9.17) is 4.74 Å². The number of ether oxygens (including phenoxy) is 1. The Kier molecular flexibility index (Phi) is 8.26. The third-order valence-electron chi connectivity index (χ3n) is 3.83. The predicted octanol–water partition coefficient (Wildman–Crippen LogP) is 7.09. The SMILES string of the molecule is CC(C)(C)OCCCc1c[nH]c2ccc(Br)cc12.CSc1ccccc1. The molecule has 0 fully saturated rings. The van der Waals surface area contributed by atoms with E-state index >= 15 is 0 Å². The van der Waals surface area contributed by atoms with Crippen molar-refractivity contribution in [3.05, 3.63) is 64.8 Å². The molecule has 0 aliphatic carbocycles. The number of nitrogens with one attached hydrogen (secondary N) is 1. The van der Waals surface area contributed by atoms with Gasteiger partial charge in [0.05, 0.1) is 5.60 Å². The number of hydrogen-bond acceptors (Lipinski definition) is 2. The average molecular weight is 434 g/mol. The molecule has 1 aromatic heterocycles. The summed E-state index contributed by atoms with van der Waals surface area (Å²) in [6.45, 7) is 7.09. The minimum absolute atomic E-state index is 0.0385. The van der Waals surface area contributed by atoms with Gasteiger partial charge in [0.1, 0.15) is 0 Å². The fourth-order valence-corrected chi connectivity index (χ4v) is 3.35. The molecule has 0 saturated heterocycles. The molecule has 0 bridgehead atoms. The number of thioether (sulfide) groups is 1. The molecule has 3 rings (SSSR count). The molecule has 0 amide bonds. The molecule has 3 aromatic rings. The van der Waals surface area contributed by atoms with Gasteiger partial charge >= 0.3 is 0 Å². The van der Waals surface area contributed by atoms with Crippen molar-refractivity contribution >= 4 is 38.6 Å². The summed E-state index contributed by atoms with van der Waals surface area (Å²) < 4.78 is 6.87.